The molecule has 1 rings (SSSR count). The molecule has 0 radical (unpaired) electrons. The highest BCUT2D eigenvalue weighted by molar-refractivity contribution is 4.78. The fraction of sp³-hybridized carbons (Fsp3) is 1.00. The van der Waals surface area contributed by atoms with Gasteiger partial charge in [-0.25, -0.2) is 0 Å². The first-order valence-corrected chi connectivity index (χ1v) is 6.67. The molecule has 0 aromatic rings. The second-order valence-electron chi connectivity index (χ2n) is 5.00. The van der Waals surface area contributed by atoms with Crippen LogP contribution in [0.1, 0.15) is 39.0 Å². The van der Waals surface area contributed by atoms with Gasteiger partial charge in [-0.3, -0.25) is 4.90 Å². The monoisotopic (exact) mass is 228 g/mol. The van der Waals surface area contributed by atoms with Crippen molar-refractivity contribution < 1.29 is 4.74 Å². The van der Waals surface area contributed by atoms with Gasteiger partial charge in [-0.05, 0) is 26.8 Å². The van der Waals surface area contributed by atoms with E-state index in [0.717, 1.165) is 25.7 Å². The van der Waals surface area contributed by atoms with E-state index in [0.29, 0.717) is 6.04 Å². The fourth-order valence-corrected chi connectivity index (χ4v) is 2.48. The number of nitrogens with zero attached hydrogens (tertiary/aromatic N) is 1. The summed E-state index contributed by atoms with van der Waals surface area (Å²) in [5.41, 5.74) is 0. The summed E-state index contributed by atoms with van der Waals surface area (Å²) in [5.74, 6) is 0. The van der Waals surface area contributed by atoms with Crippen LogP contribution < -0.4 is 5.32 Å². The van der Waals surface area contributed by atoms with Crippen LogP contribution in [-0.2, 0) is 4.74 Å². The quantitative estimate of drug-likeness (QED) is 0.673. The van der Waals surface area contributed by atoms with Gasteiger partial charge in [-0.1, -0.05) is 19.3 Å². The summed E-state index contributed by atoms with van der Waals surface area (Å²) in [6, 6.07) is 1.44. The first-order chi connectivity index (χ1) is 7.75. The molecule has 1 fully saturated rings. The number of methoxy groups -OCH3 is 1. The van der Waals surface area contributed by atoms with Crippen LogP contribution in [0.4, 0.5) is 0 Å². The molecule has 3 nitrogen and oxygen atoms in total. The highest BCUT2D eigenvalue weighted by Crippen LogP contribution is 2.22. The molecule has 96 valence electrons. The summed E-state index contributed by atoms with van der Waals surface area (Å²) in [5, 5.41) is 3.44. The predicted octanol–water partition coefficient (Wildman–Crippen LogP) is 1.88. The number of ether oxygens (including phenoxy) is 1. The number of rotatable bonds is 7. The molecule has 3 heteroatoms. The normalized spacial score (nSPS) is 20.2. The largest absolute Gasteiger partial charge is 0.383 e. The van der Waals surface area contributed by atoms with Crippen LogP contribution in [0.3, 0.4) is 0 Å². The van der Waals surface area contributed by atoms with E-state index in [-0.39, 0.29) is 0 Å². The molecule has 1 unspecified atom stereocenters. The fourth-order valence-electron chi connectivity index (χ4n) is 2.48. The lowest BCUT2D eigenvalue weighted by Gasteiger charge is -2.35. The molecule has 0 amide bonds. The van der Waals surface area contributed by atoms with Crippen molar-refractivity contribution in [3.63, 3.8) is 0 Å². The summed E-state index contributed by atoms with van der Waals surface area (Å²) in [7, 11) is 4.03. The molecule has 1 N–H and O–H groups in total. The van der Waals surface area contributed by atoms with Gasteiger partial charge in [0, 0.05) is 32.3 Å². The zero-order valence-corrected chi connectivity index (χ0v) is 11.2. The smallest absolute Gasteiger partial charge is 0.0587 e. The van der Waals surface area contributed by atoms with Crippen LogP contribution in [0.5, 0.6) is 0 Å². The van der Waals surface area contributed by atoms with E-state index < -0.39 is 0 Å². The van der Waals surface area contributed by atoms with Gasteiger partial charge in [0.1, 0.15) is 0 Å². The average Bonchev–Trinajstić information content (AvgIpc) is 2.34. The molecular weight excluding hydrogens is 200 g/mol. The van der Waals surface area contributed by atoms with E-state index in [1.54, 1.807) is 7.11 Å². The molecule has 0 heterocycles. The van der Waals surface area contributed by atoms with E-state index in [4.69, 9.17) is 4.74 Å². The minimum Gasteiger partial charge on any atom is -0.383 e. The van der Waals surface area contributed by atoms with E-state index in [1.807, 2.05) is 0 Å². The van der Waals surface area contributed by atoms with Crippen molar-refractivity contribution in [3.05, 3.63) is 0 Å². The van der Waals surface area contributed by atoms with Crippen LogP contribution in [0, 0.1) is 0 Å². The summed E-state index contributed by atoms with van der Waals surface area (Å²) in [6.07, 6.45) is 7.04. The Bertz CT molecular complexity index is 169. The van der Waals surface area contributed by atoms with Gasteiger partial charge in [-0.15, -0.1) is 0 Å². The average molecular weight is 228 g/mol. The Balaban J connectivity index is 2.15. The van der Waals surface area contributed by atoms with Gasteiger partial charge in [-0.2, -0.15) is 0 Å². The van der Waals surface area contributed by atoms with Crippen molar-refractivity contribution in [2.45, 2.75) is 51.1 Å². The van der Waals surface area contributed by atoms with E-state index >= 15 is 0 Å². The Hall–Kier alpha value is -0.120. The highest BCUT2D eigenvalue weighted by Gasteiger charge is 2.21. The van der Waals surface area contributed by atoms with E-state index in [1.165, 1.54) is 32.1 Å². The van der Waals surface area contributed by atoms with Crippen molar-refractivity contribution in [1.82, 2.24) is 10.2 Å². The summed E-state index contributed by atoms with van der Waals surface area (Å²) < 4.78 is 5.02. The topological polar surface area (TPSA) is 24.5 Å². The summed E-state index contributed by atoms with van der Waals surface area (Å²) in [4.78, 5) is 2.55. The second kappa shape index (κ2) is 8.04. The molecule has 0 spiro atoms. The van der Waals surface area contributed by atoms with Gasteiger partial charge in [0.05, 0.1) is 6.61 Å². The van der Waals surface area contributed by atoms with Crippen molar-refractivity contribution in [3.8, 4) is 0 Å². The Morgan fingerprint density at radius 1 is 1.31 bits per heavy atom. The molecule has 1 saturated carbocycles. The molecule has 16 heavy (non-hydrogen) atoms. The molecule has 0 aromatic carbocycles. The maximum absolute atomic E-state index is 5.02. The predicted molar refractivity (Wildman–Crippen MR) is 68.8 cm³/mol. The van der Waals surface area contributed by atoms with Crippen molar-refractivity contribution >= 4 is 0 Å². The lowest BCUT2D eigenvalue weighted by Crippen LogP contribution is -2.45. The van der Waals surface area contributed by atoms with Crippen LogP contribution in [0.25, 0.3) is 0 Å². The number of hydrogen-bond donors (Lipinski definition) is 1. The van der Waals surface area contributed by atoms with Crippen LogP contribution in [0.2, 0.25) is 0 Å². The first kappa shape index (κ1) is 13.9. The third-order valence-electron chi connectivity index (χ3n) is 3.77. The van der Waals surface area contributed by atoms with Crippen molar-refractivity contribution in [2.24, 2.45) is 0 Å². The lowest BCUT2D eigenvalue weighted by molar-refractivity contribution is 0.140. The molecule has 1 aliphatic rings. The minimum atomic E-state index is 0.625. The standard InChI is InChI=1S/C13H28N2O/c1-12(11-14-9-10-16-3)15(2)13-7-5-4-6-8-13/h12-14H,4-11H2,1-3H3. The molecule has 0 bridgehead atoms. The molecular formula is C13H28N2O. The third-order valence-corrected chi connectivity index (χ3v) is 3.77. The third kappa shape index (κ3) is 4.81. The molecule has 0 saturated heterocycles. The van der Waals surface area contributed by atoms with Crippen molar-refractivity contribution in [2.75, 3.05) is 33.9 Å². The van der Waals surface area contributed by atoms with E-state index in [9.17, 15) is 0 Å². The van der Waals surface area contributed by atoms with Crippen LogP contribution in [0.15, 0.2) is 0 Å². The van der Waals surface area contributed by atoms with E-state index in [2.05, 4.69) is 24.2 Å². The Morgan fingerprint density at radius 2 is 2.00 bits per heavy atom. The maximum atomic E-state index is 5.02. The molecule has 1 aliphatic carbocycles. The van der Waals surface area contributed by atoms with Gasteiger partial charge >= 0.3 is 0 Å². The second-order valence-corrected chi connectivity index (χ2v) is 5.00. The zero-order chi connectivity index (χ0) is 11.8. The SMILES string of the molecule is COCCNCC(C)N(C)C1CCCCC1. The molecule has 0 aliphatic heterocycles. The van der Waals surface area contributed by atoms with Gasteiger partial charge in [0.2, 0.25) is 0 Å². The molecule has 1 atom stereocenters. The van der Waals surface area contributed by atoms with Crippen LogP contribution in [-0.4, -0.2) is 50.8 Å². The summed E-state index contributed by atoms with van der Waals surface area (Å²) in [6.45, 7) is 5.14. The lowest BCUT2D eigenvalue weighted by atomic mass is 9.94. The summed E-state index contributed by atoms with van der Waals surface area (Å²) >= 11 is 0. The number of hydrogen-bond acceptors (Lipinski definition) is 3. The van der Waals surface area contributed by atoms with Gasteiger partial charge in [0.25, 0.3) is 0 Å². The van der Waals surface area contributed by atoms with Crippen molar-refractivity contribution in [1.29, 1.82) is 0 Å². The first-order valence-electron chi connectivity index (χ1n) is 6.67. The number of nitrogens with one attached hydrogen (secondary N) is 1. The molecule has 0 aromatic heterocycles. The highest BCUT2D eigenvalue weighted by atomic mass is 16.5. The van der Waals surface area contributed by atoms with Gasteiger partial charge in [0.15, 0.2) is 0 Å². The minimum absolute atomic E-state index is 0.625. The Labute approximate surface area is 101 Å². The number of likely N-dealkylation sites (N-methyl/N-ethyl adjacent to an activating group) is 1. The Kier molecular flexibility index (Phi) is 7.01. The Morgan fingerprint density at radius 3 is 2.62 bits per heavy atom. The van der Waals surface area contributed by atoms with Crippen LogP contribution >= 0.6 is 0 Å². The zero-order valence-electron chi connectivity index (χ0n) is 11.2. The van der Waals surface area contributed by atoms with Gasteiger partial charge < -0.3 is 10.1 Å². The maximum Gasteiger partial charge on any atom is 0.0587 e.